The highest BCUT2D eigenvalue weighted by Crippen LogP contribution is 2.35. The van der Waals surface area contributed by atoms with Gasteiger partial charge in [-0.25, -0.2) is 0 Å². The monoisotopic (exact) mass is 568 g/mol. The Hall–Kier alpha value is -2.97. The SMILES string of the molecule is CCN(c1cc(Cl)cc(C(=O)NCC(C(=N)OC)C(C)=NC)c1C)C1CCC(N(C)C(C)c2cccnc2)CC1. The molecule has 0 saturated heterocycles. The Labute approximate surface area is 244 Å². The van der Waals surface area contributed by atoms with Crippen molar-refractivity contribution in [2.75, 3.05) is 39.2 Å². The molecular weight excluding hydrogens is 524 g/mol. The quantitative estimate of drug-likeness (QED) is 0.259. The summed E-state index contributed by atoms with van der Waals surface area (Å²) in [6, 6.07) is 9.07. The maximum Gasteiger partial charge on any atom is 0.251 e. The minimum absolute atomic E-state index is 0.0696. The lowest BCUT2D eigenvalue weighted by molar-refractivity contribution is 0.0951. The molecule has 1 aliphatic rings. The number of amides is 1. The third-order valence-corrected chi connectivity index (χ3v) is 8.78. The lowest BCUT2D eigenvalue weighted by Gasteiger charge is -2.42. The Morgan fingerprint density at radius 3 is 2.52 bits per heavy atom. The first-order valence-corrected chi connectivity index (χ1v) is 14.5. The average molecular weight is 569 g/mol. The normalized spacial score (nSPS) is 19.2. The van der Waals surface area contributed by atoms with Crippen LogP contribution in [-0.2, 0) is 4.74 Å². The number of ether oxygens (including phenoxy) is 1. The summed E-state index contributed by atoms with van der Waals surface area (Å²) in [4.78, 5) is 26.7. The molecule has 0 bridgehead atoms. The smallest absolute Gasteiger partial charge is 0.251 e. The van der Waals surface area contributed by atoms with Crippen LogP contribution >= 0.6 is 11.6 Å². The molecule has 1 amide bonds. The fourth-order valence-electron chi connectivity index (χ4n) is 5.79. The van der Waals surface area contributed by atoms with Gasteiger partial charge in [-0.2, -0.15) is 0 Å². The van der Waals surface area contributed by atoms with Crippen molar-refractivity contribution >= 4 is 34.8 Å². The van der Waals surface area contributed by atoms with Gasteiger partial charge in [0.1, 0.15) is 0 Å². The lowest BCUT2D eigenvalue weighted by atomic mass is 9.87. The average Bonchev–Trinajstić information content (AvgIpc) is 2.98. The van der Waals surface area contributed by atoms with Crippen LogP contribution in [0.4, 0.5) is 5.69 Å². The zero-order valence-electron chi connectivity index (χ0n) is 25.0. The number of aliphatic imine (C=N–C) groups is 1. The fourth-order valence-corrected chi connectivity index (χ4v) is 6.01. The summed E-state index contributed by atoms with van der Waals surface area (Å²) in [7, 11) is 5.35. The van der Waals surface area contributed by atoms with Crippen LogP contribution in [0.5, 0.6) is 0 Å². The summed E-state index contributed by atoms with van der Waals surface area (Å²) in [6.45, 7) is 9.29. The predicted octanol–water partition coefficient (Wildman–Crippen LogP) is 5.93. The van der Waals surface area contributed by atoms with E-state index in [4.69, 9.17) is 21.7 Å². The third kappa shape index (κ3) is 7.40. The number of nitrogens with zero attached hydrogens (tertiary/aromatic N) is 4. The molecule has 1 saturated carbocycles. The standard InChI is InChI=1S/C31H45ClN6O2/c1-8-38(26-13-11-25(12-14-26)37(6)22(4)23-10-9-15-35-18-23)29-17-24(32)16-27(20(29)2)31(39)36-19-28(21(3)34-5)30(33)40-7/h9-10,15-18,22,25-26,28,33H,8,11-14,19H2,1-7H3,(H,36,39). The summed E-state index contributed by atoms with van der Waals surface area (Å²) in [5.41, 5.74) is 4.43. The van der Waals surface area contributed by atoms with E-state index < -0.39 is 5.92 Å². The first-order valence-electron chi connectivity index (χ1n) is 14.1. The van der Waals surface area contributed by atoms with Gasteiger partial charge >= 0.3 is 0 Å². The van der Waals surface area contributed by atoms with Gasteiger partial charge in [0.2, 0.25) is 0 Å². The fraction of sp³-hybridized carbons (Fsp3) is 0.548. The molecule has 9 heteroatoms. The molecular formula is C31H45ClN6O2. The minimum atomic E-state index is -0.417. The number of carbonyl (C=O) groups is 1. The van der Waals surface area contributed by atoms with Crippen LogP contribution in [0.3, 0.4) is 0 Å². The molecule has 8 nitrogen and oxygen atoms in total. The van der Waals surface area contributed by atoms with E-state index in [1.807, 2.05) is 38.4 Å². The number of methoxy groups -OCH3 is 1. The highest BCUT2D eigenvalue weighted by Gasteiger charge is 2.31. The molecule has 2 unspecified atom stereocenters. The zero-order valence-corrected chi connectivity index (χ0v) is 25.8. The van der Waals surface area contributed by atoms with E-state index in [0.29, 0.717) is 28.7 Å². The van der Waals surface area contributed by atoms with Crippen LogP contribution in [0.1, 0.15) is 74.0 Å². The summed E-state index contributed by atoms with van der Waals surface area (Å²) < 4.78 is 5.12. The van der Waals surface area contributed by atoms with E-state index >= 15 is 0 Å². The Morgan fingerprint density at radius 1 is 1.27 bits per heavy atom. The van der Waals surface area contributed by atoms with Gasteiger partial charge in [-0.15, -0.1) is 0 Å². The first kappa shape index (κ1) is 31.6. The maximum absolute atomic E-state index is 13.3. The van der Waals surface area contributed by atoms with Crippen molar-refractivity contribution in [2.24, 2.45) is 10.9 Å². The maximum atomic E-state index is 13.3. The predicted molar refractivity (Wildman–Crippen MR) is 165 cm³/mol. The van der Waals surface area contributed by atoms with Crippen molar-refractivity contribution in [1.29, 1.82) is 5.41 Å². The molecule has 3 rings (SSSR count). The van der Waals surface area contributed by atoms with Gasteiger partial charge in [0.05, 0.1) is 13.0 Å². The minimum Gasteiger partial charge on any atom is -0.484 e. The second-order valence-corrected chi connectivity index (χ2v) is 11.1. The molecule has 2 atom stereocenters. The lowest BCUT2D eigenvalue weighted by Crippen LogP contribution is -2.44. The molecule has 2 aromatic rings. The molecule has 218 valence electrons. The van der Waals surface area contributed by atoms with E-state index in [1.54, 1.807) is 13.1 Å². The Balaban J connectivity index is 1.72. The van der Waals surface area contributed by atoms with E-state index in [0.717, 1.165) is 49.2 Å². The number of rotatable bonds is 11. The summed E-state index contributed by atoms with van der Waals surface area (Å²) in [5, 5.41) is 11.6. The van der Waals surface area contributed by atoms with E-state index in [9.17, 15) is 4.79 Å². The van der Waals surface area contributed by atoms with Crippen LogP contribution in [0, 0.1) is 18.3 Å². The Morgan fingerprint density at radius 2 is 1.95 bits per heavy atom. The second kappa shape index (κ2) is 14.6. The van der Waals surface area contributed by atoms with Crippen molar-refractivity contribution in [3.05, 3.63) is 58.4 Å². The second-order valence-electron chi connectivity index (χ2n) is 10.7. The van der Waals surface area contributed by atoms with Gasteiger partial charge in [-0.3, -0.25) is 25.1 Å². The van der Waals surface area contributed by atoms with E-state index in [1.165, 1.54) is 12.7 Å². The molecule has 0 aliphatic heterocycles. The van der Waals surface area contributed by atoms with Crippen molar-refractivity contribution < 1.29 is 9.53 Å². The third-order valence-electron chi connectivity index (χ3n) is 8.56. The van der Waals surface area contributed by atoms with Gasteiger partial charge < -0.3 is 15.0 Å². The van der Waals surface area contributed by atoms with Crippen molar-refractivity contribution in [1.82, 2.24) is 15.2 Å². The molecule has 40 heavy (non-hydrogen) atoms. The number of aromatic nitrogens is 1. The summed E-state index contributed by atoms with van der Waals surface area (Å²) in [6.07, 6.45) is 8.15. The molecule has 0 radical (unpaired) electrons. The molecule has 1 fully saturated rings. The number of hydrogen-bond acceptors (Lipinski definition) is 7. The molecule has 2 N–H and O–H groups in total. The van der Waals surface area contributed by atoms with Crippen molar-refractivity contribution in [3.8, 4) is 0 Å². The van der Waals surface area contributed by atoms with Gasteiger partial charge in [-0.05, 0) is 89.8 Å². The van der Waals surface area contributed by atoms with Crippen LogP contribution in [-0.4, -0.2) is 73.8 Å². The Bertz CT molecular complexity index is 1180. The van der Waals surface area contributed by atoms with Crippen LogP contribution < -0.4 is 10.2 Å². The zero-order chi connectivity index (χ0) is 29.4. The van der Waals surface area contributed by atoms with Gasteiger partial charge in [0, 0.05) is 72.6 Å². The van der Waals surface area contributed by atoms with Crippen molar-refractivity contribution in [2.45, 2.75) is 71.5 Å². The Kier molecular flexibility index (Phi) is 11.5. The number of nitrogens with one attached hydrogen (secondary N) is 2. The van der Waals surface area contributed by atoms with E-state index in [2.05, 4.69) is 52.1 Å². The number of carbonyl (C=O) groups excluding carboxylic acids is 1. The van der Waals surface area contributed by atoms with Gasteiger partial charge in [-0.1, -0.05) is 17.7 Å². The molecule has 0 spiro atoms. The number of pyridine rings is 1. The molecule has 1 aliphatic carbocycles. The van der Waals surface area contributed by atoms with Gasteiger partial charge in [0.25, 0.3) is 5.91 Å². The van der Waals surface area contributed by atoms with E-state index in [-0.39, 0.29) is 18.3 Å². The first-order chi connectivity index (χ1) is 19.1. The highest BCUT2D eigenvalue weighted by molar-refractivity contribution is 6.31. The van der Waals surface area contributed by atoms with Crippen molar-refractivity contribution in [3.63, 3.8) is 0 Å². The summed E-state index contributed by atoms with van der Waals surface area (Å²) in [5.74, 6) is -0.566. The van der Waals surface area contributed by atoms with Crippen LogP contribution in [0.15, 0.2) is 41.7 Å². The molecule has 1 heterocycles. The number of anilines is 1. The molecule has 1 aromatic carbocycles. The van der Waals surface area contributed by atoms with Crippen LogP contribution in [0.2, 0.25) is 5.02 Å². The highest BCUT2D eigenvalue weighted by atomic mass is 35.5. The largest absolute Gasteiger partial charge is 0.484 e. The summed E-state index contributed by atoms with van der Waals surface area (Å²) >= 11 is 6.58. The van der Waals surface area contributed by atoms with Crippen LogP contribution in [0.25, 0.3) is 0 Å². The topological polar surface area (TPSA) is 93.9 Å². The number of hydrogen-bond donors (Lipinski definition) is 2. The number of halogens is 1. The molecule has 1 aromatic heterocycles. The number of benzene rings is 1. The van der Waals surface area contributed by atoms with Gasteiger partial charge in [0.15, 0.2) is 5.90 Å².